The highest BCUT2D eigenvalue weighted by Crippen LogP contribution is 2.24. The van der Waals surface area contributed by atoms with Gasteiger partial charge in [0, 0.05) is 12.7 Å². The van der Waals surface area contributed by atoms with Crippen molar-refractivity contribution >= 4 is 0 Å². The first-order valence-corrected chi connectivity index (χ1v) is 9.34. The molecule has 2 aromatic carbocycles. The third-order valence-corrected chi connectivity index (χ3v) is 5.07. The van der Waals surface area contributed by atoms with E-state index in [1.165, 1.54) is 11.6 Å². The second kappa shape index (κ2) is 7.62. The van der Waals surface area contributed by atoms with Crippen LogP contribution in [0.1, 0.15) is 16.8 Å². The Hall–Kier alpha value is -4.69. The van der Waals surface area contributed by atoms with Crippen LogP contribution in [0, 0.1) is 29.6 Å². The molecule has 0 aliphatic rings. The average molecular weight is 408 g/mol. The lowest BCUT2D eigenvalue weighted by molar-refractivity contribution is 0.713. The van der Waals surface area contributed by atoms with Gasteiger partial charge >= 0.3 is 5.69 Å². The van der Waals surface area contributed by atoms with E-state index in [0.717, 1.165) is 4.57 Å². The number of nitriles is 2. The Morgan fingerprint density at radius 1 is 0.903 bits per heavy atom. The highest BCUT2D eigenvalue weighted by molar-refractivity contribution is 5.64. The van der Waals surface area contributed by atoms with Gasteiger partial charge in [-0.3, -0.25) is 13.9 Å². The van der Waals surface area contributed by atoms with Crippen LogP contribution in [-0.2, 0) is 7.05 Å². The normalized spacial score (nSPS) is 10.5. The third kappa shape index (κ3) is 3.22. The van der Waals surface area contributed by atoms with Gasteiger partial charge in [-0.05, 0) is 55.5 Å². The molecule has 0 fully saturated rings. The Balaban J connectivity index is 2.00. The van der Waals surface area contributed by atoms with Crippen molar-refractivity contribution in [3.8, 4) is 34.8 Å². The number of benzene rings is 2. The predicted molar refractivity (Wildman–Crippen MR) is 114 cm³/mol. The Morgan fingerprint density at radius 3 is 2.29 bits per heavy atom. The van der Waals surface area contributed by atoms with Crippen LogP contribution in [0.2, 0.25) is 0 Å². The molecule has 0 saturated heterocycles. The van der Waals surface area contributed by atoms with Gasteiger partial charge in [-0.25, -0.2) is 9.48 Å². The zero-order valence-corrected chi connectivity index (χ0v) is 16.8. The molecule has 4 aromatic rings. The van der Waals surface area contributed by atoms with E-state index in [1.807, 2.05) is 0 Å². The van der Waals surface area contributed by atoms with Crippen LogP contribution in [0.5, 0.6) is 0 Å². The first-order valence-electron chi connectivity index (χ1n) is 9.34. The molecular weight excluding hydrogens is 392 g/mol. The number of rotatable bonds is 3. The van der Waals surface area contributed by atoms with Crippen LogP contribution in [0.15, 0.2) is 70.4 Å². The minimum absolute atomic E-state index is 0.311. The van der Waals surface area contributed by atoms with E-state index in [9.17, 15) is 14.9 Å². The second-order valence-corrected chi connectivity index (χ2v) is 6.89. The molecule has 8 nitrogen and oxygen atoms in total. The summed E-state index contributed by atoms with van der Waals surface area (Å²) in [5, 5.41) is 22.6. The molecule has 2 heterocycles. The van der Waals surface area contributed by atoms with Crippen LogP contribution >= 0.6 is 0 Å². The Kier molecular flexibility index (Phi) is 4.82. The summed E-state index contributed by atoms with van der Waals surface area (Å²) < 4.78 is 4.04. The number of hydrogen-bond donors (Lipinski definition) is 0. The Bertz CT molecular complexity index is 1510. The highest BCUT2D eigenvalue weighted by atomic mass is 16.2. The van der Waals surface area contributed by atoms with Gasteiger partial charge in [0.05, 0.1) is 52.1 Å². The lowest BCUT2D eigenvalue weighted by Gasteiger charge is -2.16. The standard InChI is InChI=1S/C23H16N6O2/c1-15-21(20-10-11-26-29(20)18-8-6-16(13-24)7-9-18)22(30)27(2)23(31)28(15)19-5-3-4-17(12-19)14-25/h3-12H,1-2H3. The highest BCUT2D eigenvalue weighted by Gasteiger charge is 2.20. The molecule has 2 aromatic heterocycles. The molecule has 0 N–H and O–H groups in total. The largest absolute Gasteiger partial charge is 0.335 e. The summed E-state index contributed by atoms with van der Waals surface area (Å²) in [7, 11) is 1.42. The fourth-order valence-corrected chi connectivity index (χ4v) is 3.50. The lowest BCUT2D eigenvalue weighted by atomic mass is 10.1. The van der Waals surface area contributed by atoms with Crippen LogP contribution in [0.4, 0.5) is 0 Å². The summed E-state index contributed by atoms with van der Waals surface area (Å²) in [6, 6.07) is 19.3. The molecule has 0 saturated carbocycles. The summed E-state index contributed by atoms with van der Waals surface area (Å²) in [4.78, 5) is 26.1. The topological polar surface area (TPSA) is 109 Å². The van der Waals surface area contributed by atoms with Crippen molar-refractivity contribution in [1.82, 2.24) is 18.9 Å². The second-order valence-electron chi connectivity index (χ2n) is 6.89. The summed E-state index contributed by atoms with van der Waals surface area (Å²) in [5.74, 6) is 0. The summed E-state index contributed by atoms with van der Waals surface area (Å²) in [6.07, 6.45) is 1.57. The van der Waals surface area contributed by atoms with Crippen molar-refractivity contribution in [3.63, 3.8) is 0 Å². The van der Waals surface area contributed by atoms with Gasteiger partial charge in [0.15, 0.2) is 0 Å². The van der Waals surface area contributed by atoms with Crippen molar-refractivity contribution in [3.05, 3.63) is 98.5 Å². The molecule has 0 amide bonds. The Labute approximate surface area is 177 Å². The van der Waals surface area contributed by atoms with E-state index in [4.69, 9.17) is 5.26 Å². The molecule has 0 aliphatic carbocycles. The molecule has 0 spiro atoms. The van der Waals surface area contributed by atoms with Gasteiger partial charge in [-0.1, -0.05) is 6.07 Å². The van der Waals surface area contributed by atoms with Gasteiger partial charge < -0.3 is 0 Å². The number of aromatic nitrogens is 4. The van der Waals surface area contributed by atoms with Crippen molar-refractivity contribution < 1.29 is 0 Å². The van der Waals surface area contributed by atoms with Crippen molar-refractivity contribution in [2.24, 2.45) is 7.05 Å². The molecule has 0 bridgehead atoms. The number of hydrogen-bond acceptors (Lipinski definition) is 5. The zero-order valence-electron chi connectivity index (χ0n) is 16.8. The van der Waals surface area contributed by atoms with Crippen molar-refractivity contribution in [2.75, 3.05) is 0 Å². The SMILES string of the molecule is Cc1c(-c2ccnn2-c2ccc(C#N)cc2)c(=O)n(C)c(=O)n1-c1cccc(C#N)c1. The van der Waals surface area contributed by atoms with Gasteiger partial charge in [0.2, 0.25) is 0 Å². The minimum Gasteiger partial charge on any atom is -0.268 e. The first-order chi connectivity index (χ1) is 15.0. The molecular formula is C23H16N6O2. The van der Waals surface area contributed by atoms with Gasteiger partial charge in [0.1, 0.15) is 0 Å². The van der Waals surface area contributed by atoms with E-state index in [-0.39, 0.29) is 0 Å². The lowest BCUT2D eigenvalue weighted by Crippen LogP contribution is -2.40. The molecule has 4 rings (SSSR count). The van der Waals surface area contributed by atoms with E-state index in [0.29, 0.717) is 39.5 Å². The van der Waals surface area contributed by atoms with E-state index in [2.05, 4.69) is 17.2 Å². The van der Waals surface area contributed by atoms with Gasteiger partial charge in [-0.2, -0.15) is 15.6 Å². The molecule has 0 aliphatic heterocycles. The molecule has 0 radical (unpaired) electrons. The summed E-state index contributed by atoms with van der Waals surface area (Å²) in [5.41, 5.74) is 2.36. The molecule has 0 unspecified atom stereocenters. The van der Waals surface area contributed by atoms with Gasteiger partial charge in [-0.15, -0.1) is 0 Å². The maximum Gasteiger partial charge on any atom is 0.335 e. The smallest absolute Gasteiger partial charge is 0.268 e. The minimum atomic E-state index is -0.509. The molecule has 150 valence electrons. The van der Waals surface area contributed by atoms with Gasteiger partial charge in [0.25, 0.3) is 5.56 Å². The van der Waals surface area contributed by atoms with E-state index in [1.54, 1.807) is 72.4 Å². The van der Waals surface area contributed by atoms with Crippen LogP contribution < -0.4 is 11.2 Å². The van der Waals surface area contributed by atoms with Crippen molar-refractivity contribution in [2.45, 2.75) is 6.92 Å². The predicted octanol–water partition coefficient (Wildman–Crippen LogP) is 2.44. The molecule has 31 heavy (non-hydrogen) atoms. The fourth-order valence-electron chi connectivity index (χ4n) is 3.50. The average Bonchev–Trinajstić information content (AvgIpc) is 3.27. The molecule has 8 heteroatoms. The monoisotopic (exact) mass is 408 g/mol. The van der Waals surface area contributed by atoms with Crippen LogP contribution in [0.25, 0.3) is 22.6 Å². The maximum atomic E-state index is 13.1. The summed E-state index contributed by atoms with van der Waals surface area (Å²) in [6.45, 7) is 1.69. The van der Waals surface area contributed by atoms with E-state index >= 15 is 0 Å². The van der Waals surface area contributed by atoms with E-state index < -0.39 is 11.2 Å². The summed E-state index contributed by atoms with van der Waals surface area (Å²) >= 11 is 0. The Morgan fingerprint density at radius 2 is 1.61 bits per heavy atom. The zero-order chi connectivity index (χ0) is 22.1. The fraction of sp³-hybridized carbons (Fsp3) is 0.0870. The maximum absolute atomic E-state index is 13.1. The third-order valence-electron chi connectivity index (χ3n) is 5.07. The first kappa shape index (κ1) is 19.6. The van der Waals surface area contributed by atoms with Crippen LogP contribution in [-0.4, -0.2) is 18.9 Å². The van der Waals surface area contributed by atoms with Crippen molar-refractivity contribution in [1.29, 1.82) is 10.5 Å². The molecule has 0 atom stereocenters. The van der Waals surface area contributed by atoms with Crippen LogP contribution in [0.3, 0.4) is 0 Å². The quantitative estimate of drug-likeness (QED) is 0.517. The number of nitrogens with zero attached hydrogens (tertiary/aromatic N) is 6.